The minimum atomic E-state index is -4.46. The van der Waals surface area contributed by atoms with E-state index in [4.69, 9.17) is 5.73 Å². The number of benzene rings is 2. The minimum Gasteiger partial charge on any atom is -0.399 e. The summed E-state index contributed by atoms with van der Waals surface area (Å²) in [7, 11) is -4.46. The molecule has 0 saturated carbocycles. The Morgan fingerprint density at radius 3 is 2.33 bits per heavy atom. The number of rotatable bonds is 3. The van der Waals surface area contributed by atoms with Crippen molar-refractivity contribution in [3.8, 4) is 0 Å². The highest BCUT2D eigenvalue weighted by atomic mass is 79.9. The number of halogens is 4. The Kier molecular flexibility index (Phi) is 4.15. The number of nitrogen functional groups attached to an aromatic ring is 1. The Hall–Kier alpha value is -1.74. The molecular weight excluding hydrogens is 373 g/mol. The monoisotopic (exact) mass is 380 g/mol. The molecule has 0 aliphatic rings. The van der Waals surface area contributed by atoms with Gasteiger partial charge in [0.1, 0.15) is 22.3 Å². The van der Waals surface area contributed by atoms with E-state index in [0.717, 1.165) is 18.2 Å². The van der Waals surface area contributed by atoms with Crippen LogP contribution in [0, 0.1) is 17.5 Å². The van der Waals surface area contributed by atoms with Crippen molar-refractivity contribution in [2.75, 3.05) is 10.5 Å². The lowest BCUT2D eigenvalue weighted by Crippen LogP contribution is -2.16. The second kappa shape index (κ2) is 5.57. The lowest BCUT2D eigenvalue weighted by Gasteiger charge is -2.11. The average molecular weight is 381 g/mol. The maximum Gasteiger partial charge on any atom is 0.266 e. The van der Waals surface area contributed by atoms with Gasteiger partial charge in [-0.1, -0.05) is 0 Å². The number of nitrogens with one attached hydrogen (secondary N) is 1. The molecule has 3 N–H and O–H groups in total. The minimum absolute atomic E-state index is 0.118. The predicted octanol–water partition coefficient (Wildman–Crippen LogP) is 3.25. The van der Waals surface area contributed by atoms with Crippen LogP contribution in [0.5, 0.6) is 0 Å². The van der Waals surface area contributed by atoms with Crippen molar-refractivity contribution in [1.82, 2.24) is 0 Å². The first-order valence-corrected chi connectivity index (χ1v) is 7.71. The maximum atomic E-state index is 13.7. The lowest BCUT2D eigenvalue weighted by molar-refractivity contribution is 0.548. The molecule has 0 saturated heterocycles. The third-order valence-electron chi connectivity index (χ3n) is 2.47. The van der Waals surface area contributed by atoms with Crippen LogP contribution in [-0.4, -0.2) is 8.42 Å². The van der Waals surface area contributed by atoms with E-state index in [2.05, 4.69) is 15.9 Å². The van der Waals surface area contributed by atoms with Crippen LogP contribution in [0.4, 0.5) is 24.5 Å². The van der Waals surface area contributed by atoms with E-state index in [9.17, 15) is 21.6 Å². The van der Waals surface area contributed by atoms with Crippen LogP contribution in [0.25, 0.3) is 0 Å². The summed E-state index contributed by atoms with van der Waals surface area (Å²) < 4.78 is 66.0. The quantitative estimate of drug-likeness (QED) is 0.802. The van der Waals surface area contributed by atoms with Crippen molar-refractivity contribution in [2.24, 2.45) is 0 Å². The number of nitrogens with two attached hydrogens (primary N) is 1. The highest BCUT2D eigenvalue weighted by Crippen LogP contribution is 2.29. The molecule has 0 radical (unpaired) electrons. The zero-order chi connectivity index (χ0) is 15.8. The molecule has 2 aromatic carbocycles. The Balaban J connectivity index is 2.51. The molecule has 0 bridgehead atoms. The molecule has 0 spiro atoms. The topological polar surface area (TPSA) is 72.2 Å². The Morgan fingerprint density at radius 1 is 1.05 bits per heavy atom. The van der Waals surface area contributed by atoms with Gasteiger partial charge in [0.15, 0.2) is 0 Å². The van der Waals surface area contributed by atoms with Crippen LogP contribution in [0.1, 0.15) is 0 Å². The van der Waals surface area contributed by atoms with Gasteiger partial charge in [0.25, 0.3) is 10.0 Å². The van der Waals surface area contributed by atoms with E-state index >= 15 is 0 Å². The third kappa shape index (κ3) is 3.30. The summed E-state index contributed by atoms with van der Waals surface area (Å²) in [6, 6.07) is 4.44. The summed E-state index contributed by atoms with van der Waals surface area (Å²) in [5, 5.41) is 0. The van der Waals surface area contributed by atoms with Gasteiger partial charge >= 0.3 is 0 Å². The Bertz CT molecular complexity index is 789. The average Bonchev–Trinajstić information content (AvgIpc) is 2.31. The fourth-order valence-corrected chi connectivity index (χ4v) is 3.83. The zero-order valence-corrected chi connectivity index (χ0v) is 12.6. The van der Waals surface area contributed by atoms with Gasteiger partial charge in [-0.3, -0.25) is 4.72 Å². The molecule has 4 nitrogen and oxygen atoms in total. The summed E-state index contributed by atoms with van der Waals surface area (Å²) in [5.74, 6) is -3.14. The summed E-state index contributed by atoms with van der Waals surface area (Å²) in [6.07, 6.45) is 0. The molecule has 0 aliphatic heterocycles. The smallest absolute Gasteiger partial charge is 0.266 e. The van der Waals surface area contributed by atoms with E-state index in [1.54, 1.807) is 0 Å². The first kappa shape index (κ1) is 15.6. The normalized spacial score (nSPS) is 11.4. The molecule has 0 heterocycles. The standard InChI is InChI=1S/C12H8BrF3N2O2S/c13-8-3-6(14)4-10(16)12(8)21(19,20)18-11-5-7(17)1-2-9(11)15/h1-5,18H,17H2. The van der Waals surface area contributed by atoms with Crippen LogP contribution in [0.3, 0.4) is 0 Å². The van der Waals surface area contributed by atoms with Gasteiger partial charge < -0.3 is 5.73 Å². The van der Waals surface area contributed by atoms with Crippen LogP contribution >= 0.6 is 15.9 Å². The van der Waals surface area contributed by atoms with Gasteiger partial charge in [-0.15, -0.1) is 0 Å². The Labute approximate surface area is 127 Å². The number of sulfonamides is 1. The van der Waals surface area contributed by atoms with Crippen molar-refractivity contribution in [1.29, 1.82) is 0 Å². The number of anilines is 2. The van der Waals surface area contributed by atoms with Crippen LogP contribution < -0.4 is 10.5 Å². The highest BCUT2D eigenvalue weighted by molar-refractivity contribution is 9.10. The molecule has 9 heteroatoms. The van der Waals surface area contributed by atoms with E-state index in [-0.39, 0.29) is 10.2 Å². The van der Waals surface area contributed by atoms with Crippen LogP contribution in [0.15, 0.2) is 39.7 Å². The van der Waals surface area contributed by atoms with Gasteiger partial charge in [0.2, 0.25) is 0 Å². The molecule has 2 rings (SSSR count). The molecule has 0 unspecified atom stereocenters. The zero-order valence-electron chi connectivity index (χ0n) is 10.2. The molecule has 0 aromatic heterocycles. The van der Waals surface area contributed by atoms with E-state index in [1.165, 1.54) is 6.07 Å². The molecule has 0 aliphatic carbocycles. The summed E-state index contributed by atoms with van der Waals surface area (Å²) >= 11 is 2.76. The summed E-state index contributed by atoms with van der Waals surface area (Å²) in [4.78, 5) is -0.828. The molecule has 2 aromatic rings. The second-order valence-corrected chi connectivity index (χ2v) is 6.52. The van der Waals surface area contributed by atoms with Gasteiger partial charge in [-0.2, -0.15) is 0 Å². The van der Waals surface area contributed by atoms with Crippen molar-refractivity contribution in [2.45, 2.75) is 4.90 Å². The second-order valence-electron chi connectivity index (χ2n) is 4.04. The van der Waals surface area contributed by atoms with E-state index in [1.807, 2.05) is 4.72 Å². The van der Waals surface area contributed by atoms with Crippen molar-refractivity contribution in [3.63, 3.8) is 0 Å². The first-order chi connectivity index (χ1) is 9.70. The molecule has 0 amide bonds. The van der Waals surface area contributed by atoms with Gasteiger partial charge in [0, 0.05) is 16.2 Å². The molecule has 0 atom stereocenters. The van der Waals surface area contributed by atoms with E-state index in [0.29, 0.717) is 6.07 Å². The third-order valence-corrected chi connectivity index (χ3v) is 4.80. The maximum absolute atomic E-state index is 13.7. The largest absolute Gasteiger partial charge is 0.399 e. The SMILES string of the molecule is Nc1ccc(F)c(NS(=O)(=O)c2c(F)cc(F)cc2Br)c1. The van der Waals surface area contributed by atoms with Gasteiger partial charge in [-0.05, 0) is 40.2 Å². The molecule has 0 fully saturated rings. The predicted molar refractivity (Wildman–Crippen MR) is 75.7 cm³/mol. The van der Waals surface area contributed by atoms with Gasteiger partial charge in [-0.25, -0.2) is 21.6 Å². The summed E-state index contributed by atoms with van der Waals surface area (Å²) in [5.41, 5.74) is 5.11. The molecule has 112 valence electrons. The van der Waals surface area contributed by atoms with Crippen LogP contribution in [-0.2, 0) is 10.0 Å². The lowest BCUT2D eigenvalue weighted by atomic mass is 10.3. The fourth-order valence-electron chi connectivity index (χ4n) is 1.60. The molecule has 21 heavy (non-hydrogen) atoms. The highest BCUT2D eigenvalue weighted by Gasteiger charge is 2.24. The first-order valence-electron chi connectivity index (χ1n) is 5.43. The fraction of sp³-hybridized carbons (Fsp3) is 0. The van der Waals surface area contributed by atoms with Crippen molar-refractivity contribution >= 4 is 37.3 Å². The van der Waals surface area contributed by atoms with E-state index < -0.39 is 38.1 Å². The number of hydrogen-bond acceptors (Lipinski definition) is 3. The summed E-state index contributed by atoms with van der Waals surface area (Å²) in [6.45, 7) is 0. The van der Waals surface area contributed by atoms with Gasteiger partial charge in [0.05, 0.1) is 5.69 Å². The van der Waals surface area contributed by atoms with Crippen LogP contribution in [0.2, 0.25) is 0 Å². The molecular formula is C12H8BrF3N2O2S. The van der Waals surface area contributed by atoms with Crippen molar-refractivity contribution < 1.29 is 21.6 Å². The Morgan fingerprint density at radius 2 is 1.71 bits per heavy atom. The number of hydrogen-bond donors (Lipinski definition) is 2. The van der Waals surface area contributed by atoms with Crippen molar-refractivity contribution in [3.05, 3.63) is 52.3 Å².